The number of fused-ring (bicyclic) bond motifs is 1. The molecule has 1 saturated heterocycles. The highest BCUT2D eigenvalue weighted by Crippen LogP contribution is 2.29. The number of pyridine rings is 1. The molecule has 35 heavy (non-hydrogen) atoms. The molecule has 0 radical (unpaired) electrons. The lowest BCUT2D eigenvalue weighted by Gasteiger charge is -2.34. The first-order valence-corrected chi connectivity index (χ1v) is 12.1. The number of thioether (sulfide) groups is 1. The second kappa shape index (κ2) is 9.56. The number of rotatable bonds is 6. The second-order valence-corrected chi connectivity index (χ2v) is 10.1. The highest BCUT2D eigenvalue weighted by atomic mass is 32.2. The monoisotopic (exact) mass is 512 g/mol. The van der Waals surface area contributed by atoms with Crippen LogP contribution in [-0.2, 0) is 0 Å². The first kappa shape index (κ1) is 25.1. The van der Waals surface area contributed by atoms with E-state index < -0.39 is 53.0 Å². The van der Waals surface area contributed by atoms with Crippen LogP contribution in [0.4, 0.5) is 17.6 Å². The number of hydrogen-bond donors (Lipinski definition) is 1. The van der Waals surface area contributed by atoms with E-state index in [-0.39, 0.29) is 16.6 Å². The van der Waals surface area contributed by atoms with Gasteiger partial charge in [-0.25, -0.2) is 18.6 Å². The molecular weight excluding hydrogens is 488 g/mol. The average molecular weight is 513 g/mol. The Bertz CT molecular complexity index is 1330. The van der Waals surface area contributed by atoms with E-state index in [2.05, 4.69) is 15.0 Å². The molecule has 12 heteroatoms. The van der Waals surface area contributed by atoms with Crippen LogP contribution in [0.2, 0.25) is 0 Å². The number of amides is 1. The number of carbonyl (C=O) groups excluding carboxylic acids is 1. The van der Waals surface area contributed by atoms with Crippen molar-refractivity contribution in [3.8, 4) is 11.6 Å². The highest BCUT2D eigenvalue weighted by molar-refractivity contribution is 7.99. The van der Waals surface area contributed by atoms with Gasteiger partial charge >= 0.3 is 12.3 Å². The quantitative estimate of drug-likeness (QED) is 0.486. The van der Waals surface area contributed by atoms with E-state index in [0.29, 0.717) is 6.20 Å². The van der Waals surface area contributed by atoms with Crippen LogP contribution in [0.3, 0.4) is 0 Å². The summed E-state index contributed by atoms with van der Waals surface area (Å²) >= 11 is 1.79. The zero-order valence-electron chi connectivity index (χ0n) is 19.3. The topological polar surface area (TPSA) is 78.2 Å². The molecule has 0 bridgehead atoms. The maximum atomic E-state index is 15.2. The Morgan fingerprint density at radius 2 is 1.83 bits per heavy atom. The molecule has 3 aromatic rings. The van der Waals surface area contributed by atoms with Crippen molar-refractivity contribution in [3.63, 3.8) is 0 Å². The fraction of sp³-hybridized carbons (Fsp3) is 0.435. The van der Waals surface area contributed by atoms with Gasteiger partial charge < -0.3 is 10.1 Å². The molecule has 7 nitrogen and oxygen atoms in total. The van der Waals surface area contributed by atoms with Crippen molar-refractivity contribution in [2.75, 3.05) is 11.5 Å². The summed E-state index contributed by atoms with van der Waals surface area (Å²) in [6.45, 7) is 2.09. The number of carbonyl (C=O) groups is 1. The fourth-order valence-electron chi connectivity index (χ4n) is 4.17. The Hall–Kier alpha value is -3.02. The van der Waals surface area contributed by atoms with E-state index in [1.54, 1.807) is 25.6 Å². The van der Waals surface area contributed by atoms with Crippen LogP contribution in [-0.4, -0.2) is 43.7 Å². The molecule has 0 atom stereocenters. The molecule has 0 saturated carbocycles. The minimum Gasteiger partial charge on any atom is -0.417 e. The molecule has 1 aliphatic heterocycles. The molecule has 1 fully saturated rings. The van der Waals surface area contributed by atoms with Crippen LogP contribution in [0.1, 0.15) is 50.0 Å². The standard InChI is InChI=1S/C23H24F4N4O3S/c1-12(2)30-17-8-13(20(32)29-23(3)4-6-35-7-5-23)14(24)9-18(17)31(22(30)33)16-10-19(34-21(26)27)28-11-15(16)25/h8-12,21H,4-7H2,1-3H3,(H,29,32). The van der Waals surface area contributed by atoms with E-state index in [1.165, 1.54) is 10.6 Å². The predicted octanol–water partition coefficient (Wildman–Crippen LogP) is 4.66. The van der Waals surface area contributed by atoms with Crippen molar-refractivity contribution in [1.82, 2.24) is 19.4 Å². The third-order valence-electron chi connectivity index (χ3n) is 6.00. The van der Waals surface area contributed by atoms with Crippen LogP contribution in [0.15, 0.2) is 29.2 Å². The second-order valence-electron chi connectivity index (χ2n) is 8.88. The molecule has 188 valence electrons. The molecule has 0 spiro atoms. The van der Waals surface area contributed by atoms with Crippen LogP contribution in [0, 0.1) is 11.6 Å². The van der Waals surface area contributed by atoms with Gasteiger partial charge in [-0.05, 0) is 51.2 Å². The van der Waals surface area contributed by atoms with Crippen molar-refractivity contribution < 1.29 is 27.1 Å². The third-order valence-corrected chi connectivity index (χ3v) is 6.98. The summed E-state index contributed by atoms with van der Waals surface area (Å²) in [5.74, 6) is -1.37. The van der Waals surface area contributed by atoms with Crippen LogP contribution in [0.25, 0.3) is 16.7 Å². The third kappa shape index (κ3) is 4.89. The number of hydrogen-bond acceptors (Lipinski definition) is 5. The van der Waals surface area contributed by atoms with Crippen LogP contribution >= 0.6 is 11.8 Å². The van der Waals surface area contributed by atoms with Gasteiger partial charge in [0, 0.05) is 23.7 Å². The van der Waals surface area contributed by atoms with Crippen molar-refractivity contribution in [3.05, 3.63) is 52.1 Å². The number of halogens is 4. The van der Waals surface area contributed by atoms with Crippen molar-refractivity contribution in [2.45, 2.75) is 51.8 Å². The lowest BCUT2D eigenvalue weighted by atomic mass is 9.94. The fourth-order valence-corrected chi connectivity index (χ4v) is 5.56. The number of nitrogens with one attached hydrogen (secondary N) is 1. The zero-order valence-corrected chi connectivity index (χ0v) is 20.1. The number of ether oxygens (including phenoxy) is 1. The molecule has 1 aliphatic rings. The summed E-state index contributed by atoms with van der Waals surface area (Å²) in [6, 6.07) is 2.63. The van der Waals surface area contributed by atoms with Gasteiger partial charge in [0.1, 0.15) is 5.82 Å². The van der Waals surface area contributed by atoms with Gasteiger partial charge in [0.05, 0.1) is 28.5 Å². The smallest absolute Gasteiger partial charge is 0.388 e. The molecule has 1 N–H and O–H groups in total. The van der Waals surface area contributed by atoms with E-state index in [9.17, 15) is 22.8 Å². The molecule has 2 aromatic heterocycles. The van der Waals surface area contributed by atoms with E-state index >= 15 is 4.39 Å². The molecule has 0 unspecified atom stereocenters. The first-order valence-electron chi connectivity index (χ1n) is 11.0. The highest BCUT2D eigenvalue weighted by Gasteiger charge is 2.31. The summed E-state index contributed by atoms with van der Waals surface area (Å²) in [4.78, 5) is 29.8. The molecule has 1 amide bonds. The number of imidazole rings is 1. The summed E-state index contributed by atoms with van der Waals surface area (Å²) in [7, 11) is 0. The number of nitrogens with zero attached hydrogens (tertiary/aromatic N) is 3. The lowest BCUT2D eigenvalue weighted by molar-refractivity contribution is -0.0529. The summed E-state index contributed by atoms with van der Waals surface area (Å²) < 4.78 is 61.6. The molecule has 0 aliphatic carbocycles. The Labute approximate surface area is 202 Å². The normalized spacial score (nSPS) is 15.7. The maximum Gasteiger partial charge on any atom is 0.388 e. The molecule has 4 rings (SSSR count). The van der Waals surface area contributed by atoms with E-state index in [4.69, 9.17) is 0 Å². The Morgan fingerprint density at radius 3 is 2.46 bits per heavy atom. The van der Waals surface area contributed by atoms with Gasteiger partial charge in [-0.3, -0.25) is 13.9 Å². The van der Waals surface area contributed by atoms with Gasteiger partial charge in [-0.2, -0.15) is 20.5 Å². The minimum absolute atomic E-state index is 0.0360. The zero-order chi connectivity index (χ0) is 25.5. The van der Waals surface area contributed by atoms with Gasteiger partial charge in [0.25, 0.3) is 5.91 Å². The Kier molecular flexibility index (Phi) is 6.85. The molecular formula is C23H24F4N4O3S. The van der Waals surface area contributed by atoms with E-state index in [0.717, 1.165) is 41.0 Å². The van der Waals surface area contributed by atoms with Crippen LogP contribution < -0.4 is 15.7 Å². The van der Waals surface area contributed by atoms with E-state index in [1.807, 2.05) is 6.92 Å². The Morgan fingerprint density at radius 1 is 1.14 bits per heavy atom. The van der Waals surface area contributed by atoms with Gasteiger partial charge in [0.15, 0.2) is 5.82 Å². The summed E-state index contributed by atoms with van der Waals surface area (Å²) in [5, 5.41) is 2.91. The van der Waals surface area contributed by atoms with Crippen molar-refractivity contribution in [1.29, 1.82) is 0 Å². The van der Waals surface area contributed by atoms with Gasteiger partial charge in [0.2, 0.25) is 5.88 Å². The Balaban J connectivity index is 1.86. The van der Waals surface area contributed by atoms with Crippen LogP contribution in [0.5, 0.6) is 5.88 Å². The molecule has 1 aromatic carbocycles. The SMILES string of the molecule is CC(C)n1c(=O)n(-c2cc(OC(F)F)ncc2F)c2cc(F)c(C(=O)NC3(C)CCSCC3)cc21. The minimum atomic E-state index is -3.21. The largest absolute Gasteiger partial charge is 0.417 e. The van der Waals surface area contributed by atoms with Gasteiger partial charge in [-0.15, -0.1) is 0 Å². The number of aromatic nitrogens is 3. The summed E-state index contributed by atoms with van der Waals surface area (Å²) in [6.07, 6.45) is 2.12. The van der Waals surface area contributed by atoms with Crippen molar-refractivity contribution >= 4 is 28.7 Å². The maximum absolute atomic E-state index is 15.2. The number of alkyl halides is 2. The molecule has 3 heterocycles. The summed E-state index contributed by atoms with van der Waals surface area (Å²) in [5.41, 5.74) is -1.75. The van der Waals surface area contributed by atoms with Crippen molar-refractivity contribution in [2.24, 2.45) is 0 Å². The number of benzene rings is 1. The average Bonchev–Trinajstić information content (AvgIpc) is 3.05. The predicted molar refractivity (Wildman–Crippen MR) is 125 cm³/mol. The first-order chi connectivity index (χ1) is 16.5. The lowest BCUT2D eigenvalue weighted by Crippen LogP contribution is -2.48. The van der Waals surface area contributed by atoms with Gasteiger partial charge in [-0.1, -0.05) is 0 Å².